The van der Waals surface area contributed by atoms with Crippen molar-refractivity contribution in [2.24, 2.45) is 11.8 Å². The fourth-order valence-electron chi connectivity index (χ4n) is 5.71. The van der Waals surface area contributed by atoms with E-state index in [1.54, 1.807) is 23.7 Å². The van der Waals surface area contributed by atoms with Crippen LogP contribution in [0.25, 0.3) is 0 Å². The van der Waals surface area contributed by atoms with E-state index in [-0.39, 0.29) is 34.4 Å². The van der Waals surface area contributed by atoms with Crippen LogP contribution in [-0.2, 0) is 14.4 Å². The zero-order chi connectivity index (χ0) is 23.4. The van der Waals surface area contributed by atoms with Gasteiger partial charge >= 0.3 is 0 Å². The smallest absolute Gasteiger partial charge is 0.248 e. The number of rotatable bonds is 6. The summed E-state index contributed by atoms with van der Waals surface area (Å²) in [4.78, 5) is 42.1. The van der Waals surface area contributed by atoms with E-state index in [1.165, 1.54) is 0 Å². The Morgan fingerprint density at radius 2 is 2.06 bits per heavy atom. The summed E-state index contributed by atoms with van der Waals surface area (Å²) < 4.78 is -0.711. The van der Waals surface area contributed by atoms with Gasteiger partial charge in [0.2, 0.25) is 17.7 Å². The number of hydrogen-bond donors (Lipinski definition) is 3. The summed E-state index contributed by atoms with van der Waals surface area (Å²) in [5.41, 5.74) is 2.68. The first-order chi connectivity index (χ1) is 15.2. The molecule has 174 valence electrons. The molecule has 3 heterocycles. The molecule has 32 heavy (non-hydrogen) atoms. The van der Waals surface area contributed by atoms with Gasteiger partial charge in [-0.05, 0) is 43.9 Å². The van der Waals surface area contributed by atoms with Crippen molar-refractivity contribution in [3.05, 3.63) is 29.3 Å². The first-order valence-electron chi connectivity index (χ1n) is 11.0. The molecule has 0 radical (unpaired) electrons. The first kappa shape index (κ1) is 23.6. The van der Waals surface area contributed by atoms with Crippen LogP contribution in [-0.4, -0.2) is 68.3 Å². The number of aliphatic hydroxyl groups is 1. The number of halogens is 1. The molecule has 3 unspecified atom stereocenters. The van der Waals surface area contributed by atoms with E-state index in [1.807, 2.05) is 39.0 Å². The molecule has 3 aliphatic rings. The maximum Gasteiger partial charge on any atom is 0.248 e. The number of anilines is 1. The standard InChI is InChI=1S/C23H30BrN3O4S/c1-5-13(10-28)27-19(21(30)26-15-8-11(2)6-7-12(15)3)23-9-14(24)18(32-23)16(20(29)25-4)17(23)22(27)31/h6-8,13-14,16-19,28H,5,9-10H2,1-4H3,(H,25,29)(H,26,30)/t13-,14?,16+,17-,18+,19?,23?/m0/s1. The average molecular weight is 524 g/mol. The first-order valence-corrected chi connectivity index (χ1v) is 12.8. The predicted molar refractivity (Wildman–Crippen MR) is 129 cm³/mol. The molecule has 1 aromatic rings. The SMILES string of the molecule is CC[C@@H](CO)N1C(=O)[C@@H]2[C@@H](C(=O)NC)[C@@H]3SC2(CC3Br)C1C(=O)Nc1cc(C)ccc1C. The van der Waals surface area contributed by atoms with Crippen LogP contribution in [0.2, 0.25) is 0 Å². The molecular formula is C23H30BrN3O4S. The molecular weight excluding hydrogens is 494 g/mol. The van der Waals surface area contributed by atoms with Crippen LogP contribution in [0.15, 0.2) is 18.2 Å². The molecule has 9 heteroatoms. The number of hydrogen-bond acceptors (Lipinski definition) is 5. The van der Waals surface area contributed by atoms with Gasteiger partial charge in [-0.2, -0.15) is 0 Å². The number of amides is 3. The average Bonchev–Trinajstić information content (AvgIpc) is 3.35. The fourth-order valence-corrected chi connectivity index (χ4v) is 9.31. The highest BCUT2D eigenvalue weighted by Gasteiger charge is 2.76. The number of alkyl halides is 1. The van der Waals surface area contributed by atoms with Crippen molar-refractivity contribution in [3.63, 3.8) is 0 Å². The maximum atomic E-state index is 13.8. The molecule has 4 rings (SSSR count). The summed E-state index contributed by atoms with van der Waals surface area (Å²) in [5.74, 6) is -1.71. The molecule has 3 amide bonds. The van der Waals surface area contributed by atoms with E-state index < -0.39 is 28.7 Å². The Labute approximate surface area is 201 Å². The molecule has 3 aliphatic heterocycles. The van der Waals surface area contributed by atoms with E-state index in [9.17, 15) is 19.5 Å². The lowest BCUT2D eigenvalue weighted by molar-refractivity contribution is -0.142. The Morgan fingerprint density at radius 3 is 2.69 bits per heavy atom. The number of likely N-dealkylation sites (tertiary alicyclic amines) is 1. The normalized spacial score (nSPS) is 33.9. The molecule has 3 N–H and O–H groups in total. The Kier molecular flexibility index (Phi) is 6.37. The van der Waals surface area contributed by atoms with Crippen molar-refractivity contribution in [2.45, 2.75) is 60.5 Å². The minimum absolute atomic E-state index is 0.0315. The summed E-state index contributed by atoms with van der Waals surface area (Å²) in [6, 6.07) is 4.63. The second kappa shape index (κ2) is 8.65. The number of fused-ring (bicyclic) bond motifs is 1. The zero-order valence-electron chi connectivity index (χ0n) is 18.7. The van der Waals surface area contributed by atoms with Gasteiger partial charge in [0.25, 0.3) is 0 Å². The van der Waals surface area contributed by atoms with Gasteiger partial charge in [-0.25, -0.2) is 0 Å². The highest BCUT2D eigenvalue weighted by atomic mass is 79.9. The topological polar surface area (TPSA) is 98.7 Å². The number of carbonyl (C=O) groups excluding carboxylic acids is 3. The van der Waals surface area contributed by atoms with Crippen molar-refractivity contribution in [2.75, 3.05) is 19.0 Å². The Hall–Kier alpha value is -1.58. The number of aryl methyl sites for hydroxylation is 2. The number of thioether (sulfide) groups is 1. The third kappa shape index (κ3) is 3.39. The molecule has 0 aromatic heterocycles. The molecule has 0 aliphatic carbocycles. The van der Waals surface area contributed by atoms with Crippen molar-refractivity contribution >= 4 is 51.1 Å². The summed E-state index contributed by atoms with van der Waals surface area (Å²) in [6.45, 7) is 5.57. The molecule has 3 fully saturated rings. The molecule has 0 saturated carbocycles. The number of nitrogens with zero attached hydrogens (tertiary/aromatic N) is 1. The second-order valence-electron chi connectivity index (χ2n) is 9.08. The largest absolute Gasteiger partial charge is 0.394 e. The van der Waals surface area contributed by atoms with Crippen molar-refractivity contribution < 1.29 is 19.5 Å². The fraction of sp³-hybridized carbons (Fsp3) is 0.609. The van der Waals surface area contributed by atoms with Gasteiger partial charge in [0, 0.05) is 22.8 Å². The monoisotopic (exact) mass is 523 g/mol. The van der Waals surface area contributed by atoms with Crippen LogP contribution < -0.4 is 10.6 Å². The molecule has 7 atom stereocenters. The van der Waals surface area contributed by atoms with Gasteiger partial charge in [0.15, 0.2) is 0 Å². The van der Waals surface area contributed by atoms with Gasteiger partial charge in [-0.3, -0.25) is 14.4 Å². The van der Waals surface area contributed by atoms with Crippen LogP contribution in [0.1, 0.15) is 30.9 Å². The summed E-state index contributed by atoms with van der Waals surface area (Å²) in [7, 11) is 1.58. The minimum atomic E-state index is -0.762. The van der Waals surface area contributed by atoms with E-state index in [2.05, 4.69) is 26.6 Å². The Bertz CT molecular complexity index is 955. The molecule has 1 aromatic carbocycles. The lowest BCUT2D eigenvalue weighted by Gasteiger charge is -2.37. The zero-order valence-corrected chi connectivity index (χ0v) is 21.1. The van der Waals surface area contributed by atoms with Gasteiger partial charge in [-0.15, -0.1) is 11.8 Å². The summed E-state index contributed by atoms with van der Waals surface area (Å²) in [6.07, 6.45) is 1.14. The van der Waals surface area contributed by atoms with Gasteiger partial charge < -0.3 is 20.6 Å². The van der Waals surface area contributed by atoms with Crippen LogP contribution in [0, 0.1) is 25.7 Å². The molecule has 1 spiro atoms. The Balaban J connectivity index is 1.79. The minimum Gasteiger partial charge on any atom is -0.394 e. The van der Waals surface area contributed by atoms with E-state index in [0.29, 0.717) is 12.8 Å². The lowest BCUT2D eigenvalue weighted by Crippen LogP contribution is -2.55. The highest BCUT2D eigenvalue weighted by molar-refractivity contribution is 9.09. The van der Waals surface area contributed by atoms with Crippen LogP contribution >= 0.6 is 27.7 Å². The maximum absolute atomic E-state index is 13.8. The van der Waals surface area contributed by atoms with E-state index in [0.717, 1.165) is 16.8 Å². The lowest BCUT2D eigenvalue weighted by atomic mass is 9.70. The van der Waals surface area contributed by atoms with Crippen molar-refractivity contribution in [1.29, 1.82) is 0 Å². The quantitative estimate of drug-likeness (QED) is 0.496. The predicted octanol–water partition coefficient (Wildman–Crippen LogP) is 2.22. The van der Waals surface area contributed by atoms with Crippen molar-refractivity contribution in [3.8, 4) is 0 Å². The number of aliphatic hydroxyl groups excluding tert-OH is 1. The number of nitrogens with one attached hydrogen (secondary N) is 2. The Morgan fingerprint density at radius 1 is 1.34 bits per heavy atom. The third-order valence-electron chi connectivity index (χ3n) is 7.25. The highest BCUT2D eigenvalue weighted by Crippen LogP contribution is 2.68. The van der Waals surface area contributed by atoms with Crippen molar-refractivity contribution in [1.82, 2.24) is 10.2 Å². The van der Waals surface area contributed by atoms with Gasteiger partial charge in [0.05, 0.1) is 29.2 Å². The molecule has 2 bridgehead atoms. The van der Waals surface area contributed by atoms with E-state index >= 15 is 0 Å². The van der Waals surface area contributed by atoms with Crippen LogP contribution in [0.4, 0.5) is 5.69 Å². The van der Waals surface area contributed by atoms with E-state index in [4.69, 9.17) is 0 Å². The number of benzene rings is 1. The number of carbonyl (C=O) groups is 3. The van der Waals surface area contributed by atoms with Gasteiger partial charge in [0.1, 0.15) is 6.04 Å². The third-order valence-corrected chi connectivity index (χ3v) is 10.5. The second-order valence-corrected chi connectivity index (χ2v) is 11.8. The molecule has 7 nitrogen and oxygen atoms in total. The van der Waals surface area contributed by atoms with Crippen LogP contribution in [0.3, 0.4) is 0 Å². The van der Waals surface area contributed by atoms with Gasteiger partial charge in [-0.1, -0.05) is 35.0 Å². The summed E-state index contributed by atoms with van der Waals surface area (Å²) in [5, 5.41) is 15.8. The van der Waals surface area contributed by atoms with Crippen LogP contribution in [0.5, 0.6) is 0 Å². The summed E-state index contributed by atoms with van der Waals surface area (Å²) >= 11 is 5.33. The molecule has 3 saturated heterocycles.